The van der Waals surface area contributed by atoms with Gasteiger partial charge in [0.2, 0.25) is 0 Å². The maximum atomic E-state index is 11.8. The Morgan fingerprint density at radius 3 is 2.39 bits per heavy atom. The highest BCUT2D eigenvalue weighted by Crippen LogP contribution is 2.54. The predicted octanol–water partition coefficient (Wildman–Crippen LogP) is 1.30. The second-order valence-electron chi connectivity index (χ2n) is 4.82. The molecule has 1 aliphatic carbocycles. The van der Waals surface area contributed by atoms with E-state index in [1.165, 1.54) is 13.4 Å². The van der Waals surface area contributed by atoms with Crippen LogP contribution in [0, 0.1) is 0 Å². The second-order valence-corrected chi connectivity index (χ2v) is 7.91. The van der Waals surface area contributed by atoms with Crippen LogP contribution in [0.5, 0.6) is 0 Å². The lowest BCUT2D eigenvalue weighted by atomic mass is 10.1. The van der Waals surface area contributed by atoms with Crippen LogP contribution in [0.2, 0.25) is 0 Å². The Bertz CT molecular complexity index is 543. The van der Waals surface area contributed by atoms with E-state index in [0.29, 0.717) is 0 Å². The first-order valence-corrected chi connectivity index (χ1v) is 8.27. The summed E-state index contributed by atoms with van der Waals surface area (Å²) < 4.78 is 29.6. The lowest BCUT2D eigenvalue weighted by molar-refractivity contribution is 0.171. The average molecular weight is 334 g/mol. The molecule has 0 bridgehead atoms. The monoisotopic (exact) mass is 333 g/mol. The first-order chi connectivity index (χ1) is 8.30. The number of hydrogen-bond donors (Lipinski definition) is 1. The number of sulfone groups is 1. The summed E-state index contributed by atoms with van der Waals surface area (Å²) in [5.74, 6) is -0.194. The molecular weight excluding hydrogens is 318 g/mol. The molecule has 100 valence electrons. The van der Waals surface area contributed by atoms with Crippen molar-refractivity contribution in [2.24, 2.45) is 5.73 Å². The van der Waals surface area contributed by atoms with Gasteiger partial charge in [-0.25, -0.2) is 8.42 Å². The SMILES string of the molecule is COC[C@]1(N)[C@@H](c2ccc(Br)cc2)[C@@H]1S(C)(=O)=O. The van der Waals surface area contributed by atoms with Crippen LogP contribution in [0.3, 0.4) is 0 Å². The molecule has 1 fully saturated rings. The van der Waals surface area contributed by atoms with Crippen molar-refractivity contribution >= 4 is 25.8 Å². The molecule has 0 amide bonds. The van der Waals surface area contributed by atoms with Gasteiger partial charge in [0.15, 0.2) is 9.84 Å². The minimum absolute atomic E-state index is 0.194. The van der Waals surface area contributed by atoms with Crippen LogP contribution in [0.4, 0.5) is 0 Å². The van der Waals surface area contributed by atoms with Crippen molar-refractivity contribution in [2.75, 3.05) is 20.0 Å². The van der Waals surface area contributed by atoms with Crippen LogP contribution in [0.1, 0.15) is 11.5 Å². The summed E-state index contributed by atoms with van der Waals surface area (Å²) >= 11 is 3.35. The topological polar surface area (TPSA) is 69.4 Å². The van der Waals surface area contributed by atoms with E-state index in [9.17, 15) is 8.42 Å². The van der Waals surface area contributed by atoms with E-state index >= 15 is 0 Å². The summed E-state index contributed by atoms with van der Waals surface area (Å²) in [5, 5.41) is -0.564. The molecule has 3 atom stereocenters. The van der Waals surface area contributed by atoms with Gasteiger partial charge >= 0.3 is 0 Å². The quantitative estimate of drug-likeness (QED) is 0.901. The highest BCUT2D eigenvalue weighted by atomic mass is 79.9. The number of hydrogen-bond acceptors (Lipinski definition) is 4. The number of ether oxygens (including phenoxy) is 1. The highest BCUT2D eigenvalue weighted by molar-refractivity contribution is 9.10. The van der Waals surface area contributed by atoms with Crippen molar-refractivity contribution in [1.82, 2.24) is 0 Å². The number of nitrogens with two attached hydrogens (primary N) is 1. The smallest absolute Gasteiger partial charge is 0.152 e. The molecule has 2 rings (SSSR count). The van der Waals surface area contributed by atoms with Gasteiger partial charge in [0.05, 0.1) is 17.4 Å². The molecule has 2 N–H and O–H groups in total. The molecule has 0 radical (unpaired) electrons. The molecule has 18 heavy (non-hydrogen) atoms. The Balaban J connectivity index is 2.35. The van der Waals surface area contributed by atoms with Gasteiger partial charge < -0.3 is 10.5 Å². The van der Waals surface area contributed by atoms with Gasteiger partial charge in [0.1, 0.15) is 0 Å². The Kier molecular flexibility index (Phi) is 3.57. The largest absolute Gasteiger partial charge is 0.383 e. The fraction of sp³-hybridized carbons (Fsp3) is 0.500. The third kappa shape index (κ3) is 2.34. The molecule has 1 aliphatic rings. The van der Waals surface area contributed by atoms with Gasteiger partial charge in [-0.2, -0.15) is 0 Å². The highest BCUT2D eigenvalue weighted by Gasteiger charge is 2.67. The van der Waals surface area contributed by atoms with Crippen molar-refractivity contribution in [2.45, 2.75) is 16.7 Å². The van der Waals surface area contributed by atoms with Crippen LogP contribution < -0.4 is 5.73 Å². The van der Waals surface area contributed by atoms with E-state index in [2.05, 4.69) is 15.9 Å². The zero-order chi connectivity index (χ0) is 13.6. The van der Waals surface area contributed by atoms with Gasteiger partial charge in [-0.15, -0.1) is 0 Å². The minimum Gasteiger partial charge on any atom is -0.383 e. The van der Waals surface area contributed by atoms with E-state index in [4.69, 9.17) is 10.5 Å². The number of rotatable bonds is 4. The fourth-order valence-corrected chi connectivity index (χ4v) is 4.75. The molecule has 6 heteroatoms. The first kappa shape index (κ1) is 14.0. The second kappa shape index (κ2) is 4.59. The van der Waals surface area contributed by atoms with Crippen molar-refractivity contribution in [1.29, 1.82) is 0 Å². The van der Waals surface area contributed by atoms with E-state index in [-0.39, 0.29) is 12.5 Å². The first-order valence-electron chi connectivity index (χ1n) is 5.53. The van der Waals surface area contributed by atoms with Crippen LogP contribution in [0.15, 0.2) is 28.7 Å². The Morgan fingerprint density at radius 1 is 1.39 bits per heavy atom. The summed E-state index contributed by atoms with van der Waals surface area (Å²) in [7, 11) is -1.65. The molecule has 4 nitrogen and oxygen atoms in total. The van der Waals surface area contributed by atoms with Gasteiger partial charge in [-0.1, -0.05) is 28.1 Å². The predicted molar refractivity (Wildman–Crippen MR) is 74.3 cm³/mol. The van der Waals surface area contributed by atoms with Crippen molar-refractivity contribution in [3.8, 4) is 0 Å². The van der Waals surface area contributed by atoms with Crippen LogP contribution in [-0.4, -0.2) is 39.2 Å². The van der Waals surface area contributed by atoms with Gasteiger partial charge in [0, 0.05) is 23.8 Å². The van der Waals surface area contributed by atoms with Crippen LogP contribution in [0.25, 0.3) is 0 Å². The standard InChI is InChI=1S/C12H16BrNO3S/c1-17-7-12(14)10(11(12)18(2,15)16)8-3-5-9(13)6-4-8/h3-6,10-11H,7,14H2,1-2H3/t10-,11-,12-/m0/s1. The van der Waals surface area contributed by atoms with E-state index < -0.39 is 20.6 Å². The zero-order valence-corrected chi connectivity index (χ0v) is 12.7. The van der Waals surface area contributed by atoms with Gasteiger partial charge in [-0.3, -0.25) is 0 Å². The fourth-order valence-electron chi connectivity index (χ4n) is 2.65. The van der Waals surface area contributed by atoms with E-state index in [1.54, 1.807) is 0 Å². The molecule has 0 unspecified atom stereocenters. The number of methoxy groups -OCH3 is 1. The molecule has 1 aromatic rings. The lowest BCUT2D eigenvalue weighted by Crippen LogP contribution is -2.35. The Morgan fingerprint density at radius 2 is 1.94 bits per heavy atom. The summed E-state index contributed by atoms with van der Waals surface area (Å²) in [6.45, 7) is 0.242. The zero-order valence-electron chi connectivity index (χ0n) is 10.3. The third-order valence-corrected chi connectivity index (χ3v) is 5.55. The van der Waals surface area contributed by atoms with E-state index in [1.807, 2.05) is 24.3 Å². The van der Waals surface area contributed by atoms with Gasteiger partial charge in [0.25, 0.3) is 0 Å². The summed E-state index contributed by atoms with van der Waals surface area (Å²) in [6.07, 6.45) is 1.23. The molecular formula is C12H16BrNO3S. The number of benzene rings is 1. The summed E-state index contributed by atoms with van der Waals surface area (Å²) in [6, 6.07) is 7.58. The van der Waals surface area contributed by atoms with Crippen molar-refractivity contribution in [3.05, 3.63) is 34.3 Å². The van der Waals surface area contributed by atoms with Crippen LogP contribution in [-0.2, 0) is 14.6 Å². The Labute approximate surface area is 116 Å². The average Bonchev–Trinajstić information content (AvgIpc) is 2.86. The molecule has 0 saturated heterocycles. The van der Waals surface area contributed by atoms with Gasteiger partial charge in [-0.05, 0) is 17.7 Å². The van der Waals surface area contributed by atoms with E-state index in [0.717, 1.165) is 10.0 Å². The van der Waals surface area contributed by atoms with Crippen molar-refractivity contribution in [3.63, 3.8) is 0 Å². The lowest BCUT2D eigenvalue weighted by Gasteiger charge is -2.10. The molecule has 0 spiro atoms. The summed E-state index contributed by atoms with van der Waals surface area (Å²) in [5.41, 5.74) is 6.31. The Hall–Kier alpha value is -0.430. The normalized spacial score (nSPS) is 31.3. The minimum atomic E-state index is -3.18. The molecule has 0 aromatic heterocycles. The van der Waals surface area contributed by atoms with Crippen LogP contribution >= 0.6 is 15.9 Å². The third-order valence-electron chi connectivity index (χ3n) is 3.39. The summed E-state index contributed by atoms with van der Waals surface area (Å²) in [4.78, 5) is 0. The van der Waals surface area contributed by atoms with Crippen molar-refractivity contribution < 1.29 is 13.2 Å². The number of halogens is 1. The maximum Gasteiger partial charge on any atom is 0.152 e. The molecule has 1 aromatic carbocycles. The molecule has 1 saturated carbocycles. The maximum absolute atomic E-state index is 11.8. The molecule has 0 heterocycles. The molecule has 0 aliphatic heterocycles.